The summed E-state index contributed by atoms with van der Waals surface area (Å²) in [6.07, 6.45) is 0. The number of anilines is 1. The minimum atomic E-state index is -5.67. The third kappa shape index (κ3) is 5.46. The molecule has 0 atom stereocenters. The number of alkyl halides is 3. The van der Waals surface area contributed by atoms with E-state index in [1.54, 1.807) is 20.8 Å². The number of carbonyl (C=O) groups is 1. The van der Waals surface area contributed by atoms with Crippen LogP contribution < -0.4 is 5.32 Å². The molecule has 192 valence electrons. The van der Waals surface area contributed by atoms with E-state index < -0.39 is 54.0 Å². The molecule has 12 heteroatoms. The van der Waals surface area contributed by atoms with Gasteiger partial charge in [0.25, 0.3) is 15.7 Å². The molecule has 0 aromatic heterocycles. The lowest BCUT2D eigenvalue weighted by atomic mass is 9.83. The zero-order valence-corrected chi connectivity index (χ0v) is 20.5. The first-order valence-electron chi connectivity index (χ1n) is 10.2. The third-order valence-corrected chi connectivity index (χ3v) is 6.96. The lowest BCUT2D eigenvalue weighted by Crippen LogP contribution is -2.23. The average molecular weight is 548 g/mol. The fourth-order valence-corrected chi connectivity index (χ4v) is 4.43. The van der Waals surface area contributed by atoms with E-state index in [4.69, 9.17) is 11.6 Å². The Balaban J connectivity index is 2.08. The van der Waals surface area contributed by atoms with Crippen molar-refractivity contribution < 1.29 is 40.3 Å². The van der Waals surface area contributed by atoms with Gasteiger partial charge < -0.3 is 10.4 Å². The molecule has 0 unspecified atom stereocenters. The van der Waals surface area contributed by atoms with Crippen molar-refractivity contribution in [3.05, 3.63) is 76.3 Å². The van der Waals surface area contributed by atoms with Crippen molar-refractivity contribution in [3.63, 3.8) is 0 Å². The fourth-order valence-electron chi connectivity index (χ4n) is 3.35. The maximum atomic E-state index is 13.8. The molecule has 0 heterocycles. The SMILES string of the molecule is CC(C)(C)c1cc(-c2cc(F)cc(F)c2)cc(C(=O)Nc2ccc(S(=O)(=O)C(F)(F)F)cc2Cl)c1O. The van der Waals surface area contributed by atoms with Gasteiger partial charge in [0.2, 0.25) is 0 Å². The van der Waals surface area contributed by atoms with E-state index in [1.165, 1.54) is 12.1 Å². The molecule has 1 amide bonds. The Morgan fingerprint density at radius 2 is 1.47 bits per heavy atom. The smallest absolute Gasteiger partial charge is 0.501 e. The van der Waals surface area contributed by atoms with Crippen LogP contribution in [-0.2, 0) is 15.3 Å². The summed E-state index contributed by atoms with van der Waals surface area (Å²) >= 11 is 5.93. The van der Waals surface area contributed by atoms with Gasteiger partial charge in [-0.1, -0.05) is 32.4 Å². The number of nitrogens with one attached hydrogen (secondary N) is 1. The monoisotopic (exact) mass is 547 g/mol. The van der Waals surface area contributed by atoms with E-state index in [1.807, 2.05) is 0 Å². The summed E-state index contributed by atoms with van der Waals surface area (Å²) in [5.41, 5.74) is -6.25. The second-order valence-electron chi connectivity index (χ2n) is 8.87. The van der Waals surface area contributed by atoms with Crippen LogP contribution in [0.5, 0.6) is 5.75 Å². The van der Waals surface area contributed by atoms with Gasteiger partial charge in [-0.3, -0.25) is 4.79 Å². The largest absolute Gasteiger partial charge is 0.507 e. The first-order chi connectivity index (χ1) is 16.4. The Bertz CT molecular complexity index is 1440. The first-order valence-corrected chi connectivity index (χ1v) is 12.0. The number of sulfone groups is 1. The Kier molecular flexibility index (Phi) is 7.13. The molecule has 0 saturated carbocycles. The molecular weight excluding hydrogens is 529 g/mol. The highest BCUT2D eigenvalue weighted by Gasteiger charge is 2.47. The Hall–Kier alpha value is -3.18. The van der Waals surface area contributed by atoms with Crippen LogP contribution in [-0.4, -0.2) is 24.9 Å². The highest BCUT2D eigenvalue weighted by Crippen LogP contribution is 2.39. The van der Waals surface area contributed by atoms with Gasteiger partial charge in [-0.25, -0.2) is 17.2 Å². The van der Waals surface area contributed by atoms with Gasteiger partial charge in [-0.2, -0.15) is 13.2 Å². The van der Waals surface area contributed by atoms with Crippen LogP contribution in [0, 0.1) is 11.6 Å². The van der Waals surface area contributed by atoms with Crippen LogP contribution in [0.2, 0.25) is 5.02 Å². The van der Waals surface area contributed by atoms with Crippen LogP contribution in [0.1, 0.15) is 36.7 Å². The number of phenolic OH excluding ortho intramolecular Hbond substituents is 1. The van der Waals surface area contributed by atoms with E-state index in [-0.39, 0.29) is 27.9 Å². The maximum Gasteiger partial charge on any atom is 0.501 e. The number of hydrogen-bond acceptors (Lipinski definition) is 4. The van der Waals surface area contributed by atoms with Crippen LogP contribution in [0.4, 0.5) is 27.6 Å². The predicted octanol–water partition coefficient (Wildman–Crippen LogP) is 6.83. The molecule has 0 aliphatic heterocycles. The van der Waals surface area contributed by atoms with E-state index in [9.17, 15) is 40.3 Å². The van der Waals surface area contributed by atoms with Crippen molar-refractivity contribution >= 4 is 33.0 Å². The summed E-state index contributed by atoms with van der Waals surface area (Å²) in [6.45, 7) is 5.20. The summed E-state index contributed by atoms with van der Waals surface area (Å²) in [6, 6.07) is 7.44. The van der Waals surface area contributed by atoms with Crippen molar-refractivity contribution in [3.8, 4) is 16.9 Å². The second-order valence-corrected chi connectivity index (χ2v) is 11.2. The molecule has 0 saturated heterocycles. The number of benzene rings is 3. The molecule has 3 aromatic rings. The topological polar surface area (TPSA) is 83.5 Å². The number of aromatic hydroxyl groups is 1. The Morgan fingerprint density at radius 3 is 1.97 bits per heavy atom. The highest BCUT2D eigenvalue weighted by molar-refractivity contribution is 7.92. The predicted molar refractivity (Wildman–Crippen MR) is 125 cm³/mol. The maximum absolute atomic E-state index is 13.8. The van der Waals surface area contributed by atoms with E-state index in [0.717, 1.165) is 18.2 Å². The molecule has 36 heavy (non-hydrogen) atoms. The summed E-state index contributed by atoms with van der Waals surface area (Å²) in [5.74, 6) is -3.11. The van der Waals surface area contributed by atoms with Crippen molar-refractivity contribution in [1.82, 2.24) is 0 Å². The normalized spacial score (nSPS) is 12.5. The number of hydrogen-bond donors (Lipinski definition) is 2. The summed E-state index contributed by atoms with van der Waals surface area (Å²) in [4.78, 5) is 11.9. The fraction of sp³-hybridized carbons (Fsp3) is 0.208. The number of rotatable bonds is 4. The van der Waals surface area contributed by atoms with Gasteiger partial charge in [0.1, 0.15) is 17.4 Å². The average Bonchev–Trinajstić information content (AvgIpc) is 2.72. The standard InChI is InChI=1S/C24H19ClF5NO4S/c1-23(2,3)18-9-13(12-6-14(26)10-15(27)7-12)8-17(21(18)32)22(33)31-20-5-4-16(11-19(20)25)36(34,35)24(28,29)30/h4-11,32H,1-3H3,(H,31,33). The van der Waals surface area contributed by atoms with Gasteiger partial charge in [-0.15, -0.1) is 0 Å². The van der Waals surface area contributed by atoms with E-state index in [2.05, 4.69) is 5.32 Å². The number of halogens is 6. The van der Waals surface area contributed by atoms with Crippen molar-refractivity contribution in [2.75, 3.05) is 5.32 Å². The van der Waals surface area contributed by atoms with Crippen molar-refractivity contribution in [2.45, 2.75) is 36.6 Å². The molecule has 0 fully saturated rings. The molecule has 5 nitrogen and oxygen atoms in total. The zero-order valence-electron chi connectivity index (χ0n) is 19.0. The lowest BCUT2D eigenvalue weighted by molar-refractivity contribution is -0.0436. The van der Waals surface area contributed by atoms with Gasteiger partial charge in [0.15, 0.2) is 0 Å². The molecule has 3 rings (SSSR count). The molecule has 0 aliphatic rings. The Labute approximate surface area is 208 Å². The quantitative estimate of drug-likeness (QED) is 0.351. The second kappa shape index (κ2) is 9.36. The Morgan fingerprint density at radius 1 is 0.917 bits per heavy atom. The minimum absolute atomic E-state index is 0.0896. The van der Waals surface area contributed by atoms with Gasteiger partial charge in [0.05, 0.1) is 21.2 Å². The molecule has 0 spiro atoms. The molecule has 0 aliphatic carbocycles. The molecule has 3 aromatic carbocycles. The first kappa shape index (κ1) is 27.4. The molecule has 0 bridgehead atoms. The summed E-state index contributed by atoms with van der Waals surface area (Å²) in [7, 11) is -5.67. The number of phenols is 1. The van der Waals surface area contributed by atoms with Gasteiger partial charge in [-0.05, 0) is 59.0 Å². The zero-order chi connectivity index (χ0) is 27.2. The van der Waals surface area contributed by atoms with Crippen LogP contribution >= 0.6 is 11.6 Å². The molecule has 2 N–H and O–H groups in total. The van der Waals surface area contributed by atoms with Gasteiger partial charge in [0, 0.05) is 11.6 Å². The highest BCUT2D eigenvalue weighted by atomic mass is 35.5. The lowest BCUT2D eigenvalue weighted by Gasteiger charge is -2.23. The number of carbonyl (C=O) groups excluding carboxylic acids is 1. The van der Waals surface area contributed by atoms with E-state index >= 15 is 0 Å². The molecular formula is C24H19ClF5NO4S. The summed E-state index contributed by atoms with van der Waals surface area (Å²) < 4.78 is 89.3. The van der Waals surface area contributed by atoms with Crippen molar-refractivity contribution in [1.29, 1.82) is 0 Å². The molecule has 0 radical (unpaired) electrons. The minimum Gasteiger partial charge on any atom is -0.507 e. The van der Waals surface area contributed by atoms with Crippen LogP contribution in [0.15, 0.2) is 53.4 Å². The van der Waals surface area contributed by atoms with Crippen LogP contribution in [0.3, 0.4) is 0 Å². The summed E-state index contributed by atoms with van der Waals surface area (Å²) in [5, 5.41) is 12.6. The third-order valence-electron chi connectivity index (χ3n) is 5.16. The van der Waals surface area contributed by atoms with Crippen molar-refractivity contribution in [2.24, 2.45) is 0 Å². The van der Waals surface area contributed by atoms with Crippen LogP contribution in [0.25, 0.3) is 11.1 Å². The number of amides is 1. The van der Waals surface area contributed by atoms with E-state index in [0.29, 0.717) is 18.2 Å². The van der Waals surface area contributed by atoms with Gasteiger partial charge >= 0.3 is 5.51 Å².